The van der Waals surface area contributed by atoms with Crippen LogP contribution in [0.4, 0.5) is 4.39 Å². The Hall–Kier alpha value is -1.87. The molecule has 0 bridgehead atoms. The van der Waals surface area contributed by atoms with Gasteiger partial charge in [-0.25, -0.2) is 4.39 Å². The highest BCUT2D eigenvalue weighted by Gasteiger charge is 2.22. The Kier molecular flexibility index (Phi) is 6.09. The lowest BCUT2D eigenvalue weighted by molar-refractivity contribution is -0.133. The van der Waals surface area contributed by atoms with Crippen LogP contribution in [0.1, 0.15) is 18.7 Å². The molecule has 1 amide bonds. The zero-order chi connectivity index (χ0) is 17.6. The van der Waals surface area contributed by atoms with Crippen LogP contribution in [0.15, 0.2) is 24.3 Å². The van der Waals surface area contributed by atoms with E-state index in [0.717, 1.165) is 24.8 Å². The smallest absolute Gasteiger partial charge is 0.222 e. The highest BCUT2D eigenvalue weighted by molar-refractivity contribution is 9.09. The number of piperazine rings is 1. The van der Waals surface area contributed by atoms with Gasteiger partial charge in [0.2, 0.25) is 5.91 Å². The number of carbonyl (C=O) groups is 1. The van der Waals surface area contributed by atoms with Gasteiger partial charge in [0, 0.05) is 37.9 Å². The number of carbonyl (C=O) groups excluding carboxylic acids is 1. The monoisotopic (exact) mass is 410 g/mol. The second-order valence-corrected chi connectivity index (χ2v) is 6.73. The lowest BCUT2D eigenvalue weighted by Gasteiger charge is -2.34. The van der Waals surface area contributed by atoms with E-state index in [4.69, 9.17) is 0 Å². The number of tetrazole rings is 1. The molecule has 3 rings (SSSR count). The number of benzene rings is 1. The van der Waals surface area contributed by atoms with E-state index < -0.39 is 0 Å². The second-order valence-electron chi connectivity index (χ2n) is 5.94. The first-order valence-electron chi connectivity index (χ1n) is 8.26. The summed E-state index contributed by atoms with van der Waals surface area (Å²) in [7, 11) is 0. The van der Waals surface area contributed by atoms with Crippen molar-refractivity contribution in [3.8, 4) is 5.69 Å². The normalized spacial score (nSPS) is 15.5. The van der Waals surface area contributed by atoms with Gasteiger partial charge < -0.3 is 4.90 Å². The molecular weight excluding hydrogens is 391 g/mol. The average Bonchev–Trinajstić information content (AvgIpc) is 3.08. The summed E-state index contributed by atoms with van der Waals surface area (Å²) < 4.78 is 15.0. The lowest BCUT2D eigenvalue weighted by atomic mass is 10.2. The van der Waals surface area contributed by atoms with E-state index >= 15 is 0 Å². The summed E-state index contributed by atoms with van der Waals surface area (Å²) in [4.78, 5) is 16.2. The van der Waals surface area contributed by atoms with E-state index in [0.29, 0.717) is 37.6 Å². The third-order valence-electron chi connectivity index (χ3n) is 4.20. The third kappa shape index (κ3) is 4.60. The molecule has 1 aromatic carbocycles. The van der Waals surface area contributed by atoms with Gasteiger partial charge in [0.25, 0.3) is 0 Å². The fourth-order valence-electron chi connectivity index (χ4n) is 2.84. The fourth-order valence-corrected chi connectivity index (χ4v) is 3.12. The van der Waals surface area contributed by atoms with E-state index in [9.17, 15) is 9.18 Å². The Balaban J connectivity index is 1.58. The molecule has 134 valence electrons. The summed E-state index contributed by atoms with van der Waals surface area (Å²) in [6.07, 6.45) is 1.45. The lowest BCUT2D eigenvalue weighted by Crippen LogP contribution is -2.48. The first-order chi connectivity index (χ1) is 12.2. The van der Waals surface area contributed by atoms with Crippen LogP contribution >= 0.6 is 15.9 Å². The van der Waals surface area contributed by atoms with Crippen molar-refractivity contribution in [3.63, 3.8) is 0 Å². The molecular formula is C16H20BrFN6O. The third-order valence-corrected chi connectivity index (χ3v) is 4.76. The average molecular weight is 411 g/mol. The van der Waals surface area contributed by atoms with Crippen LogP contribution in [-0.4, -0.2) is 67.4 Å². The van der Waals surface area contributed by atoms with Gasteiger partial charge >= 0.3 is 0 Å². The molecule has 0 aliphatic carbocycles. The van der Waals surface area contributed by atoms with E-state index in [1.54, 1.807) is 16.8 Å². The van der Waals surface area contributed by atoms with Crippen LogP contribution in [0.5, 0.6) is 0 Å². The molecule has 1 aromatic heterocycles. The standard InChI is InChI=1S/C16H20BrFN6O/c17-6-2-5-16(25)23-9-7-22(8-10-23)12-15-19-20-21-24(15)14-4-1-3-13(18)11-14/h1,3-4,11H,2,5-10,12H2. The molecule has 0 saturated carbocycles. The predicted molar refractivity (Wildman–Crippen MR) is 94.0 cm³/mol. The number of aromatic nitrogens is 4. The molecule has 0 atom stereocenters. The first kappa shape index (κ1) is 17.9. The van der Waals surface area contributed by atoms with Crippen molar-refractivity contribution in [3.05, 3.63) is 35.9 Å². The van der Waals surface area contributed by atoms with Crippen molar-refractivity contribution in [2.45, 2.75) is 19.4 Å². The van der Waals surface area contributed by atoms with Crippen LogP contribution in [0.25, 0.3) is 5.69 Å². The summed E-state index contributed by atoms with van der Waals surface area (Å²) >= 11 is 3.35. The largest absolute Gasteiger partial charge is 0.340 e. The van der Waals surface area contributed by atoms with Crippen LogP contribution in [0.3, 0.4) is 0 Å². The molecule has 0 radical (unpaired) electrons. The second kappa shape index (κ2) is 8.48. The van der Waals surface area contributed by atoms with Gasteiger partial charge in [0.1, 0.15) is 5.82 Å². The molecule has 1 aliphatic rings. The van der Waals surface area contributed by atoms with Crippen molar-refractivity contribution < 1.29 is 9.18 Å². The van der Waals surface area contributed by atoms with Gasteiger partial charge in [-0.1, -0.05) is 22.0 Å². The van der Waals surface area contributed by atoms with Crippen molar-refractivity contribution in [2.24, 2.45) is 0 Å². The molecule has 25 heavy (non-hydrogen) atoms. The summed E-state index contributed by atoms with van der Waals surface area (Å²) in [5, 5.41) is 12.6. The van der Waals surface area contributed by atoms with Gasteiger partial charge in [-0.3, -0.25) is 9.69 Å². The Morgan fingerprint density at radius 3 is 2.76 bits per heavy atom. The van der Waals surface area contributed by atoms with Crippen LogP contribution in [0.2, 0.25) is 0 Å². The Morgan fingerprint density at radius 2 is 2.04 bits per heavy atom. The maximum absolute atomic E-state index is 13.4. The molecule has 7 nitrogen and oxygen atoms in total. The van der Waals surface area contributed by atoms with E-state index in [1.807, 2.05) is 4.90 Å². The number of rotatable bonds is 6. The zero-order valence-corrected chi connectivity index (χ0v) is 15.4. The van der Waals surface area contributed by atoms with Crippen molar-refractivity contribution in [2.75, 3.05) is 31.5 Å². The molecule has 1 aliphatic heterocycles. The molecule has 0 unspecified atom stereocenters. The van der Waals surface area contributed by atoms with Crippen molar-refractivity contribution in [1.82, 2.24) is 30.0 Å². The van der Waals surface area contributed by atoms with Gasteiger partial charge in [0.15, 0.2) is 5.82 Å². The molecule has 0 spiro atoms. The summed E-state index contributed by atoms with van der Waals surface area (Å²) in [6, 6.07) is 6.19. The minimum atomic E-state index is -0.324. The number of alkyl halides is 1. The van der Waals surface area contributed by atoms with Crippen LogP contribution < -0.4 is 0 Å². The molecule has 9 heteroatoms. The number of hydrogen-bond acceptors (Lipinski definition) is 5. The maximum atomic E-state index is 13.4. The molecule has 2 aromatic rings. The molecule has 1 fully saturated rings. The Bertz CT molecular complexity index is 716. The van der Waals surface area contributed by atoms with Crippen molar-refractivity contribution >= 4 is 21.8 Å². The quantitative estimate of drug-likeness (QED) is 0.676. The highest BCUT2D eigenvalue weighted by atomic mass is 79.9. The fraction of sp³-hybridized carbons (Fsp3) is 0.500. The van der Waals surface area contributed by atoms with Crippen molar-refractivity contribution in [1.29, 1.82) is 0 Å². The van der Waals surface area contributed by atoms with Gasteiger partial charge in [-0.15, -0.1) is 5.10 Å². The zero-order valence-electron chi connectivity index (χ0n) is 13.8. The summed E-state index contributed by atoms with van der Waals surface area (Å²) in [5.41, 5.74) is 0.601. The SMILES string of the molecule is O=C(CCCBr)N1CCN(Cc2nnnn2-c2cccc(F)c2)CC1. The van der Waals surface area contributed by atoms with E-state index in [-0.39, 0.29) is 11.7 Å². The van der Waals surface area contributed by atoms with Gasteiger partial charge in [0.05, 0.1) is 12.2 Å². The van der Waals surface area contributed by atoms with E-state index in [2.05, 4.69) is 36.4 Å². The molecule has 2 heterocycles. The number of amides is 1. The highest BCUT2D eigenvalue weighted by Crippen LogP contribution is 2.13. The number of nitrogens with zero attached hydrogens (tertiary/aromatic N) is 6. The van der Waals surface area contributed by atoms with Crippen LogP contribution in [0, 0.1) is 5.82 Å². The Morgan fingerprint density at radius 1 is 1.24 bits per heavy atom. The predicted octanol–water partition coefficient (Wildman–Crippen LogP) is 1.62. The summed E-state index contributed by atoms with van der Waals surface area (Å²) in [6.45, 7) is 3.53. The van der Waals surface area contributed by atoms with Gasteiger partial charge in [-0.2, -0.15) is 4.68 Å². The minimum absolute atomic E-state index is 0.212. The number of hydrogen-bond donors (Lipinski definition) is 0. The van der Waals surface area contributed by atoms with Crippen LogP contribution in [-0.2, 0) is 11.3 Å². The minimum Gasteiger partial charge on any atom is -0.340 e. The molecule has 0 N–H and O–H groups in total. The number of halogens is 2. The first-order valence-corrected chi connectivity index (χ1v) is 9.39. The van der Waals surface area contributed by atoms with E-state index in [1.165, 1.54) is 12.1 Å². The van der Waals surface area contributed by atoms with Gasteiger partial charge in [-0.05, 0) is 35.0 Å². The molecule has 1 saturated heterocycles. The maximum Gasteiger partial charge on any atom is 0.222 e. The Labute approximate surface area is 153 Å². The summed E-state index contributed by atoms with van der Waals surface area (Å²) in [5.74, 6) is 0.544. The topological polar surface area (TPSA) is 67.2 Å².